The second-order valence-corrected chi connectivity index (χ2v) is 4.47. The molecule has 6 heteroatoms. The van der Waals surface area contributed by atoms with Crippen LogP contribution in [-0.2, 0) is 13.5 Å². The molecule has 1 aromatic rings. The van der Waals surface area contributed by atoms with E-state index in [1.165, 1.54) is 4.80 Å². The van der Waals surface area contributed by atoms with E-state index in [-0.39, 0.29) is 0 Å². The first kappa shape index (κ1) is 15.0. The smallest absolute Gasteiger partial charge is 0.176 e. The van der Waals surface area contributed by atoms with E-state index in [4.69, 9.17) is 0 Å². The maximum Gasteiger partial charge on any atom is 0.176 e. The fourth-order valence-corrected chi connectivity index (χ4v) is 2.07. The summed E-state index contributed by atoms with van der Waals surface area (Å²) in [5, 5.41) is 15.7. The van der Waals surface area contributed by atoms with Gasteiger partial charge in [0.25, 0.3) is 0 Å². The minimum absolute atomic E-state index is 0.430. The maximum absolute atomic E-state index is 4.24. The van der Waals surface area contributed by atoms with E-state index in [1.807, 2.05) is 0 Å². The van der Waals surface area contributed by atoms with E-state index >= 15 is 0 Å². The third-order valence-corrected chi connectivity index (χ3v) is 3.16. The Balaban J connectivity index is 2.44. The Kier molecular flexibility index (Phi) is 6.82. The molecule has 1 heterocycles. The Morgan fingerprint density at radius 1 is 1.28 bits per heavy atom. The highest BCUT2D eigenvalue weighted by Crippen LogP contribution is 2.02. The first-order valence-electron chi connectivity index (χ1n) is 6.88. The highest BCUT2D eigenvalue weighted by molar-refractivity contribution is 4.84. The maximum atomic E-state index is 4.24. The zero-order valence-electron chi connectivity index (χ0n) is 12.1. The number of rotatable bonds is 9. The van der Waals surface area contributed by atoms with Gasteiger partial charge in [-0.1, -0.05) is 20.8 Å². The summed E-state index contributed by atoms with van der Waals surface area (Å²) in [4.78, 5) is 3.96. The van der Waals surface area contributed by atoms with E-state index in [9.17, 15) is 0 Å². The summed E-state index contributed by atoms with van der Waals surface area (Å²) in [6.07, 6.45) is 1.97. The molecular weight excluding hydrogens is 228 g/mol. The number of aromatic nitrogens is 4. The summed E-state index contributed by atoms with van der Waals surface area (Å²) in [6.45, 7) is 10.9. The molecule has 0 radical (unpaired) electrons. The fraction of sp³-hybridized carbons (Fsp3) is 0.917. The van der Waals surface area contributed by atoms with Gasteiger partial charge in [-0.25, -0.2) is 0 Å². The molecule has 1 rings (SSSR count). The second kappa shape index (κ2) is 8.16. The zero-order chi connectivity index (χ0) is 13.4. The minimum Gasteiger partial charge on any atom is -0.314 e. The Bertz CT molecular complexity index is 320. The third-order valence-electron chi connectivity index (χ3n) is 3.16. The monoisotopic (exact) mass is 254 g/mol. The van der Waals surface area contributed by atoms with Crippen molar-refractivity contribution in [3.8, 4) is 0 Å². The average molecular weight is 254 g/mol. The lowest BCUT2D eigenvalue weighted by atomic mass is 10.1. The molecule has 0 aliphatic rings. The molecule has 0 fully saturated rings. The quantitative estimate of drug-likeness (QED) is 0.694. The molecule has 0 saturated heterocycles. The first-order valence-corrected chi connectivity index (χ1v) is 6.88. The van der Waals surface area contributed by atoms with Gasteiger partial charge >= 0.3 is 0 Å². The van der Waals surface area contributed by atoms with E-state index in [0.29, 0.717) is 6.04 Å². The van der Waals surface area contributed by atoms with E-state index in [0.717, 1.165) is 44.8 Å². The van der Waals surface area contributed by atoms with Gasteiger partial charge in [0.15, 0.2) is 5.82 Å². The third kappa shape index (κ3) is 5.10. The number of likely N-dealkylation sites (N-methyl/N-ethyl adjacent to an activating group) is 1. The largest absolute Gasteiger partial charge is 0.314 e. The Morgan fingerprint density at radius 2 is 2.00 bits per heavy atom. The second-order valence-electron chi connectivity index (χ2n) is 4.47. The predicted molar refractivity (Wildman–Crippen MR) is 72.4 cm³/mol. The van der Waals surface area contributed by atoms with Crippen molar-refractivity contribution in [1.29, 1.82) is 0 Å². The Labute approximate surface area is 110 Å². The van der Waals surface area contributed by atoms with Crippen LogP contribution in [0.3, 0.4) is 0 Å². The molecule has 1 N–H and O–H groups in total. The standard InChI is InChI=1S/C12H26N6/c1-5-13-11(8-9-18(6-2)7-3)10-12-14-16-17(4)15-12/h11,13H,5-10H2,1-4H3. The molecule has 0 spiro atoms. The highest BCUT2D eigenvalue weighted by atomic mass is 15.6. The van der Waals surface area contributed by atoms with Gasteiger partial charge in [-0.15, -0.1) is 10.2 Å². The summed E-state index contributed by atoms with van der Waals surface area (Å²) in [7, 11) is 1.80. The van der Waals surface area contributed by atoms with E-state index < -0.39 is 0 Å². The molecule has 1 unspecified atom stereocenters. The van der Waals surface area contributed by atoms with Crippen molar-refractivity contribution in [1.82, 2.24) is 30.4 Å². The molecule has 1 atom stereocenters. The van der Waals surface area contributed by atoms with Crippen LogP contribution in [-0.4, -0.2) is 57.3 Å². The van der Waals surface area contributed by atoms with E-state index in [2.05, 4.69) is 46.4 Å². The summed E-state index contributed by atoms with van der Waals surface area (Å²) < 4.78 is 0. The van der Waals surface area contributed by atoms with Crippen molar-refractivity contribution >= 4 is 0 Å². The molecule has 0 saturated carbocycles. The Morgan fingerprint density at radius 3 is 2.50 bits per heavy atom. The summed E-state index contributed by atoms with van der Waals surface area (Å²) in [5.74, 6) is 0.822. The first-order chi connectivity index (χ1) is 8.69. The van der Waals surface area contributed by atoms with Gasteiger partial charge in [0.2, 0.25) is 0 Å². The molecule has 0 aliphatic carbocycles. The van der Waals surface area contributed by atoms with Crippen LogP contribution in [0.1, 0.15) is 33.0 Å². The topological polar surface area (TPSA) is 58.9 Å². The molecule has 1 aromatic heterocycles. The number of hydrogen-bond acceptors (Lipinski definition) is 5. The van der Waals surface area contributed by atoms with Crippen LogP contribution in [0.2, 0.25) is 0 Å². The van der Waals surface area contributed by atoms with Crippen molar-refractivity contribution in [2.75, 3.05) is 26.2 Å². The lowest BCUT2D eigenvalue weighted by Gasteiger charge is -2.22. The summed E-state index contributed by atoms with van der Waals surface area (Å²) in [6, 6.07) is 0.430. The van der Waals surface area contributed by atoms with Gasteiger partial charge in [0.05, 0.1) is 7.05 Å². The van der Waals surface area contributed by atoms with Crippen LogP contribution in [0.25, 0.3) is 0 Å². The summed E-state index contributed by atoms with van der Waals surface area (Å²) in [5.41, 5.74) is 0. The van der Waals surface area contributed by atoms with Crippen molar-refractivity contribution in [2.24, 2.45) is 7.05 Å². The summed E-state index contributed by atoms with van der Waals surface area (Å²) >= 11 is 0. The van der Waals surface area contributed by atoms with Gasteiger partial charge in [-0.05, 0) is 37.8 Å². The van der Waals surface area contributed by atoms with Gasteiger partial charge in [-0.3, -0.25) is 0 Å². The number of aryl methyl sites for hydroxylation is 1. The number of nitrogens with one attached hydrogen (secondary N) is 1. The molecule has 18 heavy (non-hydrogen) atoms. The molecule has 6 nitrogen and oxygen atoms in total. The van der Waals surface area contributed by atoms with Crippen molar-refractivity contribution in [3.05, 3.63) is 5.82 Å². The van der Waals surface area contributed by atoms with Crippen molar-refractivity contribution in [2.45, 2.75) is 39.7 Å². The van der Waals surface area contributed by atoms with Gasteiger partial charge in [0.1, 0.15) is 0 Å². The highest BCUT2D eigenvalue weighted by Gasteiger charge is 2.13. The number of tetrazole rings is 1. The average Bonchev–Trinajstić information content (AvgIpc) is 2.76. The molecule has 104 valence electrons. The lowest BCUT2D eigenvalue weighted by molar-refractivity contribution is 0.280. The SMILES string of the molecule is CCNC(CCN(CC)CC)Cc1nnn(C)n1. The van der Waals surface area contributed by atoms with Crippen molar-refractivity contribution < 1.29 is 0 Å². The number of nitrogens with zero attached hydrogens (tertiary/aromatic N) is 5. The molecule has 0 aliphatic heterocycles. The normalized spacial score (nSPS) is 13.2. The van der Waals surface area contributed by atoms with E-state index in [1.54, 1.807) is 7.05 Å². The molecular formula is C12H26N6. The van der Waals surface area contributed by atoms with Gasteiger partial charge < -0.3 is 10.2 Å². The number of hydrogen-bond donors (Lipinski definition) is 1. The fourth-order valence-electron chi connectivity index (χ4n) is 2.07. The Hall–Kier alpha value is -1.01. The van der Waals surface area contributed by atoms with Crippen LogP contribution in [0.15, 0.2) is 0 Å². The van der Waals surface area contributed by atoms with Crippen LogP contribution in [0.4, 0.5) is 0 Å². The van der Waals surface area contributed by atoms with Gasteiger partial charge in [-0.2, -0.15) is 4.80 Å². The minimum atomic E-state index is 0.430. The van der Waals surface area contributed by atoms with Crippen LogP contribution in [0, 0.1) is 0 Å². The lowest BCUT2D eigenvalue weighted by Crippen LogP contribution is -2.36. The zero-order valence-corrected chi connectivity index (χ0v) is 12.1. The predicted octanol–water partition coefficient (Wildman–Crippen LogP) is 0.463. The molecule has 0 aromatic carbocycles. The van der Waals surface area contributed by atoms with Crippen LogP contribution >= 0.6 is 0 Å². The van der Waals surface area contributed by atoms with Crippen molar-refractivity contribution in [3.63, 3.8) is 0 Å². The molecule has 0 amide bonds. The van der Waals surface area contributed by atoms with Crippen LogP contribution < -0.4 is 5.32 Å². The van der Waals surface area contributed by atoms with Crippen LogP contribution in [0.5, 0.6) is 0 Å². The molecule has 0 bridgehead atoms. The van der Waals surface area contributed by atoms with Gasteiger partial charge in [0, 0.05) is 12.5 Å².